The van der Waals surface area contributed by atoms with E-state index in [4.69, 9.17) is 4.74 Å². The molecule has 1 aliphatic rings. The highest BCUT2D eigenvalue weighted by atomic mass is 32.2. The molecule has 0 unspecified atom stereocenters. The summed E-state index contributed by atoms with van der Waals surface area (Å²) in [6.07, 6.45) is -4.50. The number of benzene rings is 2. The number of amides is 2. The molecule has 0 bridgehead atoms. The van der Waals surface area contributed by atoms with Crippen molar-refractivity contribution in [3.05, 3.63) is 65.5 Å². The minimum atomic E-state index is -4.50. The van der Waals surface area contributed by atoms with Crippen molar-refractivity contribution in [3.8, 4) is 0 Å². The predicted molar refractivity (Wildman–Crippen MR) is 119 cm³/mol. The average molecular weight is 502 g/mol. The Labute approximate surface area is 194 Å². The molecule has 12 heteroatoms. The summed E-state index contributed by atoms with van der Waals surface area (Å²) in [5.74, 6) is -0.927. The Hall–Kier alpha value is -3.15. The third kappa shape index (κ3) is 6.92. The van der Waals surface area contributed by atoms with Crippen molar-refractivity contribution >= 4 is 27.5 Å². The molecule has 184 valence electrons. The van der Waals surface area contributed by atoms with Crippen LogP contribution in [0.5, 0.6) is 0 Å². The van der Waals surface area contributed by atoms with Crippen molar-refractivity contribution in [1.82, 2.24) is 4.90 Å². The van der Waals surface area contributed by atoms with Crippen LogP contribution in [0.25, 0.3) is 0 Å². The van der Waals surface area contributed by atoms with Gasteiger partial charge >= 0.3 is 12.2 Å². The molecular weight excluding hydrogens is 478 g/mol. The lowest BCUT2D eigenvalue weighted by atomic mass is 10.1. The largest absolute Gasteiger partial charge is 0.468 e. The van der Waals surface area contributed by atoms with E-state index in [1.165, 1.54) is 53.2 Å². The van der Waals surface area contributed by atoms with Gasteiger partial charge in [0.1, 0.15) is 5.82 Å². The maximum Gasteiger partial charge on any atom is 0.422 e. The van der Waals surface area contributed by atoms with Crippen LogP contribution in [-0.4, -0.2) is 69.7 Å². The van der Waals surface area contributed by atoms with Crippen LogP contribution in [0.3, 0.4) is 0 Å². The molecule has 1 fully saturated rings. The zero-order chi connectivity index (χ0) is 24.9. The number of rotatable bonds is 5. The van der Waals surface area contributed by atoms with E-state index in [1.807, 2.05) is 0 Å². The lowest BCUT2D eigenvalue weighted by molar-refractivity contribution is -0.156. The van der Waals surface area contributed by atoms with Gasteiger partial charge in [0.2, 0.25) is 5.90 Å². The zero-order valence-corrected chi connectivity index (χ0v) is 19.1. The second-order valence-electron chi connectivity index (χ2n) is 7.61. The number of hydrogen-bond donors (Lipinski definition) is 0. The van der Waals surface area contributed by atoms with Crippen LogP contribution in [0.1, 0.15) is 11.1 Å². The number of hydrogen-bond acceptors (Lipinski definition) is 5. The molecule has 0 atom stereocenters. The molecule has 1 saturated heterocycles. The van der Waals surface area contributed by atoms with Gasteiger partial charge in [-0.3, -0.25) is 9.89 Å². The van der Waals surface area contributed by atoms with Crippen LogP contribution in [0, 0.1) is 5.82 Å². The highest BCUT2D eigenvalue weighted by Gasteiger charge is 2.30. The molecule has 3 rings (SSSR count). The van der Waals surface area contributed by atoms with Gasteiger partial charge in [-0.1, -0.05) is 12.1 Å². The van der Waals surface area contributed by atoms with Crippen molar-refractivity contribution in [2.24, 2.45) is 4.99 Å². The first-order valence-corrected chi connectivity index (χ1v) is 12.1. The fraction of sp³-hybridized carbons (Fsp3) is 0.364. The first-order chi connectivity index (χ1) is 16.0. The minimum absolute atomic E-state index is 0.0463. The summed E-state index contributed by atoms with van der Waals surface area (Å²) in [4.78, 5) is 19.8. The lowest BCUT2D eigenvalue weighted by Crippen LogP contribution is -2.49. The van der Waals surface area contributed by atoms with Gasteiger partial charge in [0.25, 0.3) is 0 Å². The van der Waals surface area contributed by atoms with Gasteiger partial charge in [-0.05, 0) is 42.0 Å². The molecule has 1 heterocycles. The molecule has 2 aromatic rings. The van der Waals surface area contributed by atoms with Crippen LogP contribution in [0.2, 0.25) is 0 Å². The van der Waals surface area contributed by atoms with Gasteiger partial charge in [-0.2, -0.15) is 13.2 Å². The lowest BCUT2D eigenvalue weighted by Gasteiger charge is -2.33. The van der Waals surface area contributed by atoms with Crippen LogP contribution in [-0.2, 0) is 21.1 Å². The molecule has 0 spiro atoms. The van der Waals surface area contributed by atoms with E-state index in [0.29, 0.717) is 16.8 Å². The summed E-state index contributed by atoms with van der Waals surface area (Å²) < 4.78 is 79.0. The zero-order valence-electron chi connectivity index (χ0n) is 18.3. The first kappa shape index (κ1) is 25.5. The van der Waals surface area contributed by atoms with Crippen molar-refractivity contribution in [2.75, 3.05) is 43.1 Å². The predicted octanol–water partition coefficient (Wildman–Crippen LogP) is 3.64. The van der Waals surface area contributed by atoms with E-state index < -0.39 is 34.5 Å². The Morgan fingerprint density at radius 1 is 1.06 bits per heavy atom. The third-order valence-electron chi connectivity index (χ3n) is 5.10. The normalized spacial score (nSPS) is 16.3. The van der Waals surface area contributed by atoms with Crippen molar-refractivity contribution in [3.63, 3.8) is 0 Å². The second-order valence-corrected chi connectivity index (χ2v) is 9.92. The smallest absolute Gasteiger partial charge is 0.422 e. The van der Waals surface area contributed by atoms with Gasteiger partial charge in [-0.25, -0.2) is 17.6 Å². The second kappa shape index (κ2) is 10.4. The van der Waals surface area contributed by atoms with E-state index in [0.717, 1.165) is 0 Å². The summed E-state index contributed by atoms with van der Waals surface area (Å²) in [6, 6.07) is 11.1. The number of carbonyl (C=O) groups excluding carboxylic acids is 1. The highest BCUT2D eigenvalue weighted by molar-refractivity contribution is 7.91. The molecule has 0 radical (unpaired) electrons. The average Bonchev–Trinajstić information content (AvgIpc) is 2.78. The summed E-state index contributed by atoms with van der Waals surface area (Å²) >= 11 is 0. The maximum absolute atomic E-state index is 13.4. The Balaban J connectivity index is 1.79. The Morgan fingerprint density at radius 2 is 1.65 bits per heavy atom. The molecule has 2 aromatic carbocycles. The van der Waals surface area contributed by atoms with Gasteiger partial charge in [0.05, 0.1) is 18.1 Å². The van der Waals surface area contributed by atoms with Gasteiger partial charge in [0, 0.05) is 31.4 Å². The van der Waals surface area contributed by atoms with E-state index in [9.17, 15) is 30.8 Å². The number of halogens is 4. The van der Waals surface area contributed by atoms with Gasteiger partial charge < -0.3 is 9.64 Å². The molecule has 0 aromatic heterocycles. The number of nitrogens with zero attached hydrogens (tertiary/aromatic N) is 3. The fourth-order valence-corrected chi connectivity index (χ4v) is 4.53. The third-order valence-corrected chi connectivity index (χ3v) is 6.71. The van der Waals surface area contributed by atoms with Crippen LogP contribution >= 0.6 is 0 Å². The van der Waals surface area contributed by atoms with E-state index in [2.05, 4.69) is 4.99 Å². The number of ether oxygens (including phenoxy) is 1. The maximum atomic E-state index is 13.4. The number of sulfone groups is 1. The van der Waals surface area contributed by atoms with Crippen LogP contribution < -0.4 is 4.90 Å². The van der Waals surface area contributed by atoms with Gasteiger partial charge in [-0.15, -0.1) is 0 Å². The monoisotopic (exact) mass is 501 g/mol. The molecule has 0 saturated carbocycles. The Bertz CT molecular complexity index is 1120. The molecule has 0 N–H and O–H groups in total. The topological polar surface area (TPSA) is 79.3 Å². The molecule has 1 aliphatic heterocycles. The molecular formula is C22H23F4N3O4S. The van der Waals surface area contributed by atoms with Crippen LogP contribution in [0.4, 0.5) is 28.0 Å². The number of alkyl halides is 3. The van der Waals surface area contributed by atoms with E-state index >= 15 is 0 Å². The number of aliphatic imine (C=N–C) groups is 1. The summed E-state index contributed by atoms with van der Waals surface area (Å²) in [5, 5.41) is 0. The van der Waals surface area contributed by atoms with Crippen molar-refractivity contribution in [2.45, 2.75) is 12.7 Å². The molecule has 7 nitrogen and oxygen atoms in total. The molecule has 0 aliphatic carbocycles. The molecule has 34 heavy (non-hydrogen) atoms. The van der Waals surface area contributed by atoms with E-state index in [-0.39, 0.29) is 37.0 Å². The number of anilines is 1. The standard InChI is InChI=1S/C22H23F4N3O4S/c1-27-20(33-15-22(24,25)26)17-4-2-16(3-5-17)14-29(19-8-6-18(23)7-9-19)21(30)28-10-12-34(31,32)13-11-28/h2-9H,10-15H2,1H3. The van der Waals surface area contributed by atoms with Crippen molar-refractivity contribution < 1.29 is 35.5 Å². The SMILES string of the molecule is CN=C(OCC(F)(F)F)c1ccc(CN(C(=O)N2CCS(=O)(=O)CC2)c2ccc(F)cc2)cc1. The quantitative estimate of drug-likeness (QED) is 0.356. The number of carbonyl (C=O) groups is 1. The van der Waals surface area contributed by atoms with Crippen molar-refractivity contribution in [1.29, 1.82) is 0 Å². The summed E-state index contributed by atoms with van der Waals surface area (Å²) in [5.41, 5.74) is 1.38. The first-order valence-electron chi connectivity index (χ1n) is 10.3. The summed E-state index contributed by atoms with van der Waals surface area (Å²) in [7, 11) is -1.88. The molecule has 2 amide bonds. The summed E-state index contributed by atoms with van der Waals surface area (Å²) in [6.45, 7) is -1.31. The van der Waals surface area contributed by atoms with Gasteiger partial charge in [0.15, 0.2) is 16.4 Å². The van der Waals surface area contributed by atoms with Crippen LogP contribution in [0.15, 0.2) is 53.5 Å². The number of urea groups is 1. The highest BCUT2D eigenvalue weighted by Crippen LogP contribution is 2.22. The Morgan fingerprint density at radius 3 is 2.18 bits per heavy atom. The Kier molecular flexibility index (Phi) is 7.80. The minimum Gasteiger partial charge on any atom is -0.468 e. The fourth-order valence-electron chi connectivity index (χ4n) is 3.33. The van der Waals surface area contributed by atoms with E-state index in [1.54, 1.807) is 12.1 Å².